The third-order valence-corrected chi connectivity index (χ3v) is 3.18. The van der Waals surface area contributed by atoms with Crippen molar-refractivity contribution in [3.05, 3.63) is 36.4 Å². The van der Waals surface area contributed by atoms with E-state index in [9.17, 15) is 0 Å². The molecule has 0 N–H and O–H groups in total. The maximum Gasteiger partial charge on any atom is -0.0161 e. The van der Waals surface area contributed by atoms with Crippen LogP contribution in [-0.2, 0) is 0 Å². The Labute approximate surface area is 70.9 Å². The number of hydrogen-bond donors (Lipinski definition) is 0. The van der Waals surface area contributed by atoms with E-state index in [2.05, 4.69) is 46.3 Å². The first kappa shape index (κ1) is 7.97. The van der Waals surface area contributed by atoms with E-state index in [4.69, 9.17) is 0 Å². The lowest BCUT2D eigenvalue weighted by molar-refractivity contribution is 1.71. The number of hydrogen-bond acceptors (Lipinski definition) is 0. The van der Waals surface area contributed by atoms with Crippen molar-refractivity contribution in [3.63, 3.8) is 0 Å². The molecule has 0 saturated heterocycles. The van der Waals surface area contributed by atoms with Crippen molar-refractivity contribution in [1.29, 1.82) is 0 Å². The molecule has 0 aliphatic heterocycles. The molecule has 0 radical (unpaired) electrons. The summed E-state index contributed by atoms with van der Waals surface area (Å²) >= 11 is 3.41. The van der Waals surface area contributed by atoms with Crippen molar-refractivity contribution in [1.82, 2.24) is 0 Å². The van der Waals surface area contributed by atoms with Crippen LogP contribution < -0.4 is 5.30 Å². The molecule has 0 aliphatic carbocycles. The highest BCUT2D eigenvalue weighted by molar-refractivity contribution is 9.37. The van der Waals surface area contributed by atoms with Crippen LogP contribution in [-0.4, -0.2) is 0 Å². The molecular weight excluding hydrogens is 207 g/mol. The molecule has 1 rings (SSSR count). The van der Waals surface area contributed by atoms with Crippen LogP contribution in [0.25, 0.3) is 6.08 Å². The van der Waals surface area contributed by atoms with Crippen LogP contribution in [0.15, 0.2) is 30.8 Å². The first-order chi connectivity index (χ1) is 4.86. The summed E-state index contributed by atoms with van der Waals surface area (Å²) in [6.45, 7) is 3.68. The van der Waals surface area contributed by atoms with Crippen LogP contribution in [0.1, 0.15) is 5.56 Å². The van der Waals surface area contributed by atoms with Crippen molar-refractivity contribution in [2.24, 2.45) is 0 Å². The van der Waals surface area contributed by atoms with Crippen molar-refractivity contribution < 1.29 is 0 Å². The Hall–Kier alpha value is -0.130. The van der Waals surface area contributed by atoms with Gasteiger partial charge in [0, 0.05) is 0 Å². The van der Waals surface area contributed by atoms with Gasteiger partial charge in [-0.05, 0) is 18.2 Å². The first-order valence-electron chi connectivity index (χ1n) is 2.96. The maximum atomic E-state index is 3.68. The van der Waals surface area contributed by atoms with Gasteiger partial charge in [0.25, 0.3) is 0 Å². The van der Waals surface area contributed by atoms with Crippen LogP contribution in [0.3, 0.4) is 0 Å². The molecule has 1 aromatic rings. The zero-order valence-corrected chi connectivity index (χ0v) is 8.06. The standard InChI is InChI=1S/C8H8BrP/c1-2-7-3-5-8(10-9)6-4-7/h2-6,10H,1H2. The second-order valence-corrected chi connectivity index (χ2v) is 3.88. The summed E-state index contributed by atoms with van der Waals surface area (Å²) in [5.41, 5.74) is 1.18. The monoisotopic (exact) mass is 214 g/mol. The highest BCUT2D eigenvalue weighted by atomic mass is 79.9. The number of halogens is 1. The largest absolute Gasteiger partial charge is 0.0985 e. The Balaban J connectivity index is 2.90. The van der Waals surface area contributed by atoms with E-state index in [0.717, 1.165) is 0 Å². The van der Waals surface area contributed by atoms with Crippen molar-refractivity contribution in [2.45, 2.75) is 0 Å². The van der Waals surface area contributed by atoms with E-state index in [1.165, 1.54) is 10.9 Å². The highest BCUT2D eigenvalue weighted by Crippen LogP contribution is 2.18. The third kappa shape index (κ3) is 1.93. The molecule has 0 amide bonds. The van der Waals surface area contributed by atoms with Gasteiger partial charge in [-0.3, -0.25) is 0 Å². The Morgan fingerprint density at radius 1 is 1.30 bits per heavy atom. The quantitative estimate of drug-likeness (QED) is 0.665. The molecule has 0 aromatic heterocycles. The topological polar surface area (TPSA) is 0 Å². The Bertz CT molecular complexity index is 215. The molecular formula is C8H8BrP. The van der Waals surface area contributed by atoms with Gasteiger partial charge >= 0.3 is 0 Å². The van der Waals surface area contributed by atoms with Gasteiger partial charge < -0.3 is 0 Å². The van der Waals surface area contributed by atoms with Gasteiger partial charge in [0.05, 0.1) is 0 Å². The Kier molecular flexibility index (Phi) is 3.11. The van der Waals surface area contributed by atoms with E-state index >= 15 is 0 Å². The fourth-order valence-electron chi connectivity index (χ4n) is 0.682. The van der Waals surface area contributed by atoms with Gasteiger partial charge in [0.2, 0.25) is 0 Å². The minimum atomic E-state index is 0.706. The molecule has 0 fully saturated rings. The lowest BCUT2D eigenvalue weighted by atomic mass is 10.2. The predicted octanol–water partition coefficient (Wildman–Crippen LogP) is 2.94. The number of benzene rings is 1. The van der Waals surface area contributed by atoms with E-state index in [-0.39, 0.29) is 0 Å². The Morgan fingerprint density at radius 2 is 1.90 bits per heavy atom. The summed E-state index contributed by atoms with van der Waals surface area (Å²) < 4.78 is 0. The van der Waals surface area contributed by atoms with Crippen LogP contribution >= 0.6 is 22.8 Å². The van der Waals surface area contributed by atoms with Crippen molar-refractivity contribution in [2.75, 3.05) is 0 Å². The molecule has 10 heavy (non-hydrogen) atoms. The summed E-state index contributed by atoms with van der Waals surface area (Å²) in [5.74, 6) is 0. The zero-order valence-electron chi connectivity index (χ0n) is 5.47. The lowest BCUT2D eigenvalue weighted by Gasteiger charge is -1.94. The van der Waals surface area contributed by atoms with E-state index < -0.39 is 0 Å². The number of rotatable bonds is 2. The second kappa shape index (κ2) is 3.90. The van der Waals surface area contributed by atoms with Crippen LogP contribution in [0.2, 0.25) is 0 Å². The summed E-state index contributed by atoms with van der Waals surface area (Å²) in [5, 5.41) is 1.32. The Morgan fingerprint density at radius 3 is 2.30 bits per heavy atom. The molecule has 52 valence electrons. The van der Waals surface area contributed by atoms with Crippen molar-refractivity contribution >= 4 is 34.2 Å². The first-order valence-corrected chi connectivity index (χ1v) is 6.21. The van der Waals surface area contributed by atoms with Crippen molar-refractivity contribution in [3.8, 4) is 0 Å². The predicted molar refractivity (Wildman–Crippen MR) is 53.4 cm³/mol. The third-order valence-electron chi connectivity index (χ3n) is 1.26. The molecule has 0 aliphatic rings. The minimum absolute atomic E-state index is 0.706. The van der Waals surface area contributed by atoms with Gasteiger partial charge in [0.15, 0.2) is 0 Å². The molecule has 0 heterocycles. The fourth-order valence-corrected chi connectivity index (χ4v) is 1.77. The van der Waals surface area contributed by atoms with Gasteiger partial charge in [-0.15, -0.1) is 0 Å². The summed E-state index contributed by atoms with van der Waals surface area (Å²) in [6.07, 6.45) is 1.85. The molecule has 0 nitrogen and oxygen atoms in total. The highest BCUT2D eigenvalue weighted by Gasteiger charge is 1.87. The fraction of sp³-hybridized carbons (Fsp3) is 0. The average Bonchev–Trinajstić information content (AvgIpc) is 2.05. The molecule has 0 spiro atoms. The van der Waals surface area contributed by atoms with Gasteiger partial charge in [-0.25, -0.2) is 0 Å². The zero-order chi connectivity index (χ0) is 7.40. The van der Waals surface area contributed by atoms with E-state index in [0.29, 0.717) is 7.28 Å². The van der Waals surface area contributed by atoms with Crippen LogP contribution in [0.4, 0.5) is 0 Å². The van der Waals surface area contributed by atoms with Crippen LogP contribution in [0.5, 0.6) is 0 Å². The van der Waals surface area contributed by atoms with Gasteiger partial charge in [0.1, 0.15) is 0 Å². The molecule has 1 atom stereocenters. The minimum Gasteiger partial charge on any atom is -0.0985 e. The maximum absolute atomic E-state index is 3.68. The van der Waals surface area contributed by atoms with Crippen LogP contribution in [0, 0.1) is 0 Å². The summed E-state index contributed by atoms with van der Waals surface area (Å²) in [7, 11) is 0.706. The molecule has 0 saturated carbocycles. The SMILES string of the molecule is C=Cc1ccc(PBr)cc1. The molecule has 2 heteroatoms. The molecule has 1 unspecified atom stereocenters. The summed E-state index contributed by atoms with van der Waals surface area (Å²) in [4.78, 5) is 0. The molecule has 1 aromatic carbocycles. The smallest absolute Gasteiger partial charge is 0.0161 e. The summed E-state index contributed by atoms with van der Waals surface area (Å²) in [6, 6.07) is 8.33. The normalized spacial score (nSPS) is 10.5. The van der Waals surface area contributed by atoms with E-state index in [1.54, 1.807) is 0 Å². The van der Waals surface area contributed by atoms with Gasteiger partial charge in [-0.2, -0.15) is 0 Å². The lowest BCUT2D eigenvalue weighted by Crippen LogP contribution is -1.88. The van der Waals surface area contributed by atoms with Gasteiger partial charge in [-0.1, -0.05) is 52.4 Å². The average molecular weight is 215 g/mol. The van der Waals surface area contributed by atoms with E-state index in [1.807, 2.05) is 6.08 Å². The molecule has 0 bridgehead atoms. The second-order valence-electron chi connectivity index (χ2n) is 1.92.